The van der Waals surface area contributed by atoms with Gasteiger partial charge in [0, 0.05) is 0 Å². The first kappa shape index (κ1) is 13.7. The fourth-order valence-corrected chi connectivity index (χ4v) is 2.14. The number of rotatable bonds is 5. The lowest BCUT2D eigenvalue weighted by Crippen LogP contribution is -2.36. The van der Waals surface area contributed by atoms with E-state index in [-0.39, 0.29) is 25.4 Å². The van der Waals surface area contributed by atoms with E-state index >= 15 is 0 Å². The normalized spacial score (nSPS) is 32.7. The van der Waals surface area contributed by atoms with Crippen molar-refractivity contribution in [1.29, 1.82) is 0 Å². The molecule has 0 bridgehead atoms. The number of fused-ring (bicyclic) bond motifs is 1. The number of carbonyl (C=O) groups excluding carboxylic acids is 2. The lowest BCUT2D eigenvalue weighted by atomic mass is 10.1. The number of esters is 1. The highest BCUT2D eigenvalue weighted by atomic mass is 17.0. The third-order valence-corrected chi connectivity index (χ3v) is 2.86. The zero-order valence-electron chi connectivity index (χ0n) is 10.1. The minimum atomic E-state index is -0.908. The van der Waals surface area contributed by atoms with Crippen LogP contribution in [0.3, 0.4) is 0 Å². The number of ether oxygens (including phenoxy) is 3. The third kappa shape index (κ3) is 3.18. The summed E-state index contributed by atoms with van der Waals surface area (Å²) in [6.45, 7) is 1.34. The largest absolute Gasteiger partial charge is 0.457 e. The van der Waals surface area contributed by atoms with Crippen molar-refractivity contribution >= 4 is 11.8 Å². The highest BCUT2D eigenvalue weighted by Crippen LogP contribution is 2.30. The Kier molecular flexibility index (Phi) is 3.96. The van der Waals surface area contributed by atoms with E-state index in [1.54, 1.807) is 0 Å². The van der Waals surface area contributed by atoms with Crippen LogP contribution >= 0.6 is 0 Å². The molecule has 2 rings (SSSR count). The monoisotopic (exact) mass is 275 g/mol. The first-order valence-electron chi connectivity index (χ1n) is 5.70. The van der Waals surface area contributed by atoms with Crippen molar-refractivity contribution in [2.75, 3.05) is 13.2 Å². The summed E-state index contributed by atoms with van der Waals surface area (Å²) in [6.07, 6.45) is -3.04. The molecule has 0 spiro atoms. The fraction of sp³-hybridized carbons (Fsp3) is 0.800. The third-order valence-electron chi connectivity index (χ3n) is 2.86. The molecule has 0 unspecified atom stereocenters. The molecule has 2 aliphatic rings. The maximum Gasteiger partial charge on any atom is 0.313 e. The van der Waals surface area contributed by atoms with Crippen LogP contribution in [0.1, 0.15) is 13.3 Å². The first-order valence-corrected chi connectivity index (χ1v) is 5.70. The van der Waals surface area contributed by atoms with Crippen molar-refractivity contribution in [3.8, 4) is 0 Å². The molecular formula is C10H13NO8. The van der Waals surface area contributed by atoms with Crippen LogP contribution < -0.4 is 0 Å². The number of ketones is 1. The summed E-state index contributed by atoms with van der Waals surface area (Å²) in [5.41, 5.74) is 0. The van der Waals surface area contributed by atoms with Crippen LogP contribution in [-0.2, 0) is 28.6 Å². The Morgan fingerprint density at radius 2 is 1.84 bits per heavy atom. The van der Waals surface area contributed by atoms with Crippen molar-refractivity contribution in [3.05, 3.63) is 10.1 Å². The van der Waals surface area contributed by atoms with Gasteiger partial charge in [-0.05, 0) is 6.92 Å². The van der Waals surface area contributed by atoms with Crippen LogP contribution in [0, 0.1) is 10.1 Å². The van der Waals surface area contributed by atoms with Gasteiger partial charge in [0.15, 0.2) is 12.2 Å². The summed E-state index contributed by atoms with van der Waals surface area (Å²) in [5, 5.41) is 9.37. The van der Waals surface area contributed by atoms with Crippen LogP contribution in [0.2, 0.25) is 0 Å². The zero-order chi connectivity index (χ0) is 14.0. The Morgan fingerprint density at radius 1 is 1.26 bits per heavy atom. The average molecular weight is 275 g/mol. The molecule has 2 aliphatic heterocycles. The Balaban J connectivity index is 1.88. The van der Waals surface area contributed by atoms with E-state index in [1.807, 2.05) is 0 Å². The number of hydrogen-bond donors (Lipinski definition) is 0. The summed E-state index contributed by atoms with van der Waals surface area (Å²) < 4.78 is 15.6. The smallest absolute Gasteiger partial charge is 0.313 e. The van der Waals surface area contributed by atoms with Crippen LogP contribution in [0.15, 0.2) is 0 Å². The summed E-state index contributed by atoms with van der Waals surface area (Å²) in [4.78, 5) is 36.8. The number of nitrogens with zero attached hydrogens (tertiary/aromatic N) is 1. The minimum absolute atomic E-state index is 0.00290. The molecule has 0 radical (unpaired) electrons. The highest BCUT2D eigenvalue weighted by Gasteiger charge is 2.51. The quantitative estimate of drug-likeness (QED) is 0.278. The average Bonchev–Trinajstić information content (AvgIpc) is 2.81. The number of hydrogen-bond acceptors (Lipinski definition) is 8. The van der Waals surface area contributed by atoms with E-state index in [0.29, 0.717) is 0 Å². The Hall–Kier alpha value is -1.74. The number of Topliss-reactive ketones (excluding diaryl/α,β-unsaturated/α-hetero) is 1. The van der Waals surface area contributed by atoms with E-state index in [2.05, 4.69) is 4.84 Å². The molecule has 0 aromatic rings. The lowest BCUT2D eigenvalue weighted by Gasteiger charge is -2.16. The van der Waals surface area contributed by atoms with Gasteiger partial charge in [0.2, 0.25) is 0 Å². The van der Waals surface area contributed by atoms with Gasteiger partial charge in [-0.25, -0.2) is 0 Å². The molecule has 19 heavy (non-hydrogen) atoms. The molecule has 9 nitrogen and oxygen atoms in total. The summed E-state index contributed by atoms with van der Waals surface area (Å²) >= 11 is 0. The second kappa shape index (κ2) is 5.49. The topological polar surface area (TPSA) is 114 Å². The van der Waals surface area contributed by atoms with E-state index in [0.717, 1.165) is 0 Å². The molecular weight excluding hydrogens is 262 g/mol. The van der Waals surface area contributed by atoms with Crippen molar-refractivity contribution in [1.82, 2.24) is 0 Å². The van der Waals surface area contributed by atoms with Crippen LogP contribution in [0.5, 0.6) is 0 Å². The molecule has 0 aromatic heterocycles. The maximum atomic E-state index is 11.4. The van der Waals surface area contributed by atoms with Crippen molar-refractivity contribution in [2.45, 2.75) is 37.8 Å². The van der Waals surface area contributed by atoms with Crippen molar-refractivity contribution < 1.29 is 33.7 Å². The molecule has 2 heterocycles. The van der Waals surface area contributed by atoms with Gasteiger partial charge in [0.05, 0.1) is 13.2 Å². The fourth-order valence-electron chi connectivity index (χ4n) is 2.14. The molecule has 106 valence electrons. The van der Waals surface area contributed by atoms with Crippen LogP contribution in [-0.4, -0.2) is 54.5 Å². The van der Waals surface area contributed by atoms with E-state index in [1.165, 1.54) is 6.92 Å². The van der Waals surface area contributed by atoms with Gasteiger partial charge in [-0.1, -0.05) is 0 Å². The SMILES string of the molecule is CC(=O)CC(=O)O[C@H]1CO[C@H]2[C@@H]1OC[C@H]2O[N+](=O)[O-]. The van der Waals surface area contributed by atoms with Gasteiger partial charge in [0.25, 0.3) is 5.09 Å². The lowest BCUT2D eigenvalue weighted by molar-refractivity contribution is -0.769. The predicted octanol–water partition coefficient (Wildman–Crippen LogP) is -0.748. The maximum absolute atomic E-state index is 11.4. The van der Waals surface area contributed by atoms with Crippen LogP contribution in [0.4, 0.5) is 0 Å². The minimum Gasteiger partial charge on any atom is -0.457 e. The Bertz CT molecular complexity index is 397. The molecule has 2 fully saturated rings. The Labute approximate surface area is 107 Å². The summed E-state index contributed by atoms with van der Waals surface area (Å²) in [7, 11) is 0. The van der Waals surface area contributed by atoms with Gasteiger partial charge < -0.3 is 19.0 Å². The molecule has 0 saturated carbocycles. The van der Waals surface area contributed by atoms with Gasteiger partial charge in [0.1, 0.15) is 24.4 Å². The zero-order valence-corrected chi connectivity index (χ0v) is 10.1. The Morgan fingerprint density at radius 3 is 2.42 bits per heavy atom. The molecule has 2 saturated heterocycles. The van der Waals surface area contributed by atoms with Gasteiger partial charge in [-0.2, -0.15) is 0 Å². The van der Waals surface area contributed by atoms with E-state index in [9.17, 15) is 19.7 Å². The van der Waals surface area contributed by atoms with Gasteiger partial charge in [-0.15, -0.1) is 10.1 Å². The molecule has 0 N–H and O–H groups in total. The van der Waals surface area contributed by atoms with Crippen molar-refractivity contribution in [3.63, 3.8) is 0 Å². The second-order valence-corrected chi connectivity index (χ2v) is 4.37. The highest BCUT2D eigenvalue weighted by molar-refractivity contribution is 5.94. The van der Waals surface area contributed by atoms with Gasteiger partial charge in [-0.3, -0.25) is 9.59 Å². The van der Waals surface area contributed by atoms with Crippen molar-refractivity contribution in [2.24, 2.45) is 0 Å². The van der Waals surface area contributed by atoms with E-state index in [4.69, 9.17) is 14.2 Å². The second-order valence-electron chi connectivity index (χ2n) is 4.37. The molecule has 0 aromatic carbocycles. The van der Waals surface area contributed by atoms with Gasteiger partial charge >= 0.3 is 5.97 Å². The predicted molar refractivity (Wildman–Crippen MR) is 56.5 cm³/mol. The van der Waals surface area contributed by atoms with Crippen LogP contribution in [0.25, 0.3) is 0 Å². The molecule has 0 amide bonds. The number of carbonyl (C=O) groups is 2. The summed E-state index contributed by atoms with van der Waals surface area (Å²) in [5.74, 6) is -0.966. The standard InChI is InChI=1S/C10H13NO8/c1-5(12)2-8(13)18-6-3-16-10-7(19-11(14)15)4-17-9(6)10/h6-7,9-10H,2-4H2,1H3/t6-,7+,9+,10+/m0/s1. The molecule has 9 heteroatoms. The van der Waals surface area contributed by atoms with E-state index < -0.39 is 35.5 Å². The molecule has 0 aliphatic carbocycles. The summed E-state index contributed by atoms with van der Waals surface area (Å²) in [6, 6.07) is 0. The first-order chi connectivity index (χ1) is 8.97. The molecule has 4 atom stereocenters.